The molecule has 1 heterocycles. The number of hydrogen-bond donors (Lipinski definition) is 0. The van der Waals surface area contributed by atoms with Crippen molar-refractivity contribution >= 4 is 17.2 Å². The standard InChI is InChI=1S/C20H20N2O2S/c1-15-5-3-4-6-17(15)11-22(2)20(23)16-7-9-19(10-8-16)24-12-18-13-25-14-21-18/h3-10,13-14H,11-12H2,1-2H3. The SMILES string of the molecule is Cc1ccccc1CN(C)C(=O)c1ccc(OCc2cscn2)cc1. The highest BCUT2D eigenvalue weighted by atomic mass is 32.1. The highest BCUT2D eigenvalue weighted by Gasteiger charge is 2.13. The second-order valence-electron chi connectivity index (χ2n) is 5.88. The van der Waals surface area contributed by atoms with E-state index in [0.29, 0.717) is 18.7 Å². The summed E-state index contributed by atoms with van der Waals surface area (Å²) in [5.74, 6) is 0.723. The van der Waals surface area contributed by atoms with E-state index in [1.54, 1.807) is 33.9 Å². The summed E-state index contributed by atoms with van der Waals surface area (Å²) in [5.41, 5.74) is 5.68. The van der Waals surface area contributed by atoms with Crippen LogP contribution in [-0.2, 0) is 13.2 Å². The molecule has 0 spiro atoms. The van der Waals surface area contributed by atoms with E-state index < -0.39 is 0 Å². The third-order valence-electron chi connectivity index (χ3n) is 3.99. The Hall–Kier alpha value is -2.66. The molecular weight excluding hydrogens is 332 g/mol. The fourth-order valence-corrected chi connectivity index (χ4v) is 3.04. The molecule has 0 saturated heterocycles. The van der Waals surface area contributed by atoms with Gasteiger partial charge in [0.05, 0.1) is 11.2 Å². The summed E-state index contributed by atoms with van der Waals surface area (Å²) in [5, 5.41) is 1.96. The minimum absolute atomic E-state index is 0.00527. The number of hydrogen-bond acceptors (Lipinski definition) is 4. The smallest absolute Gasteiger partial charge is 0.253 e. The molecule has 25 heavy (non-hydrogen) atoms. The molecular formula is C20H20N2O2S. The molecule has 3 aromatic rings. The first-order valence-corrected chi connectivity index (χ1v) is 8.97. The van der Waals surface area contributed by atoms with Gasteiger partial charge in [0.2, 0.25) is 0 Å². The minimum Gasteiger partial charge on any atom is -0.487 e. The van der Waals surface area contributed by atoms with Crippen LogP contribution in [0.25, 0.3) is 0 Å². The maximum atomic E-state index is 12.6. The molecule has 2 aromatic carbocycles. The molecule has 0 fully saturated rings. The number of aromatic nitrogens is 1. The van der Waals surface area contributed by atoms with Crippen LogP contribution < -0.4 is 4.74 Å². The zero-order valence-electron chi connectivity index (χ0n) is 14.3. The van der Waals surface area contributed by atoms with Gasteiger partial charge in [-0.3, -0.25) is 4.79 Å². The van der Waals surface area contributed by atoms with E-state index in [1.807, 2.05) is 36.7 Å². The van der Waals surface area contributed by atoms with Crippen molar-refractivity contribution in [1.29, 1.82) is 0 Å². The van der Waals surface area contributed by atoms with Crippen molar-refractivity contribution in [3.63, 3.8) is 0 Å². The van der Waals surface area contributed by atoms with Gasteiger partial charge in [0.15, 0.2) is 0 Å². The van der Waals surface area contributed by atoms with Crippen LogP contribution in [0.5, 0.6) is 5.75 Å². The Morgan fingerprint density at radius 2 is 1.92 bits per heavy atom. The van der Waals surface area contributed by atoms with Crippen LogP contribution in [0.4, 0.5) is 0 Å². The van der Waals surface area contributed by atoms with Gasteiger partial charge in [-0.15, -0.1) is 11.3 Å². The molecule has 0 aliphatic heterocycles. The lowest BCUT2D eigenvalue weighted by molar-refractivity contribution is 0.0785. The van der Waals surface area contributed by atoms with Gasteiger partial charge in [-0.25, -0.2) is 4.98 Å². The number of nitrogens with zero attached hydrogens (tertiary/aromatic N) is 2. The molecule has 0 bridgehead atoms. The summed E-state index contributed by atoms with van der Waals surface area (Å²) < 4.78 is 5.68. The van der Waals surface area contributed by atoms with Crippen molar-refractivity contribution in [3.05, 3.63) is 81.8 Å². The lowest BCUT2D eigenvalue weighted by atomic mass is 10.1. The van der Waals surface area contributed by atoms with Crippen molar-refractivity contribution in [2.45, 2.75) is 20.1 Å². The molecule has 3 rings (SSSR count). The summed E-state index contributed by atoms with van der Waals surface area (Å²) in [4.78, 5) is 18.5. The van der Waals surface area contributed by atoms with E-state index in [4.69, 9.17) is 4.74 Å². The van der Waals surface area contributed by atoms with Crippen LogP contribution in [0.3, 0.4) is 0 Å². The first-order valence-electron chi connectivity index (χ1n) is 8.03. The van der Waals surface area contributed by atoms with E-state index in [2.05, 4.69) is 24.0 Å². The number of amides is 1. The maximum Gasteiger partial charge on any atom is 0.253 e. The molecule has 0 atom stereocenters. The van der Waals surface area contributed by atoms with Crippen molar-refractivity contribution < 1.29 is 9.53 Å². The Balaban J connectivity index is 1.61. The van der Waals surface area contributed by atoms with Crippen molar-refractivity contribution in [2.75, 3.05) is 7.05 Å². The van der Waals surface area contributed by atoms with Gasteiger partial charge in [-0.2, -0.15) is 0 Å². The summed E-state index contributed by atoms with van der Waals surface area (Å²) in [6, 6.07) is 15.3. The van der Waals surface area contributed by atoms with Crippen LogP contribution in [0.2, 0.25) is 0 Å². The average molecular weight is 352 g/mol. The van der Waals surface area contributed by atoms with E-state index in [9.17, 15) is 4.79 Å². The molecule has 0 radical (unpaired) electrons. The number of ether oxygens (including phenoxy) is 1. The monoisotopic (exact) mass is 352 g/mol. The number of benzene rings is 2. The molecule has 1 aromatic heterocycles. The van der Waals surface area contributed by atoms with Crippen molar-refractivity contribution in [3.8, 4) is 5.75 Å². The zero-order chi connectivity index (χ0) is 17.6. The number of rotatable bonds is 6. The van der Waals surface area contributed by atoms with Gasteiger partial charge in [-0.1, -0.05) is 24.3 Å². The van der Waals surface area contributed by atoms with E-state index in [0.717, 1.165) is 17.0 Å². The molecule has 1 amide bonds. The quantitative estimate of drug-likeness (QED) is 0.664. The summed E-state index contributed by atoms with van der Waals surface area (Å²) >= 11 is 1.54. The Morgan fingerprint density at radius 3 is 2.60 bits per heavy atom. The van der Waals surface area contributed by atoms with Crippen molar-refractivity contribution in [1.82, 2.24) is 9.88 Å². The van der Waals surface area contributed by atoms with E-state index in [-0.39, 0.29) is 5.91 Å². The summed E-state index contributed by atoms with van der Waals surface area (Å²) in [7, 11) is 1.82. The van der Waals surface area contributed by atoms with E-state index >= 15 is 0 Å². The van der Waals surface area contributed by atoms with Crippen LogP contribution in [0.15, 0.2) is 59.4 Å². The van der Waals surface area contributed by atoms with Gasteiger partial charge >= 0.3 is 0 Å². The normalized spacial score (nSPS) is 10.5. The molecule has 4 nitrogen and oxygen atoms in total. The molecule has 5 heteroatoms. The van der Waals surface area contributed by atoms with Crippen LogP contribution in [0, 0.1) is 6.92 Å². The third-order valence-corrected chi connectivity index (χ3v) is 4.62. The highest BCUT2D eigenvalue weighted by molar-refractivity contribution is 7.07. The van der Waals surface area contributed by atoms with Crippen LogP contribution >= 0.6 is 11.3 Å². The zero-order valence-corrected chi connectivity index (χ0v) is 15.1. The molecule has 0 N–H and O–H groups in total. The van der Waals surface area contributed by atoms with Crippen LogP contribution in [-0.4, -0.2) is 22.8 Å². The fourth-order valence-electron chi connectivity index (χ4n) is 2.50. The Bertz CT molecular complexity index is 829. The Labute approximate surface area is 151 Å². The molecule has 0 unspecified atom stereocenters. The second kappa shape index (κ2) is 7.94. The van der Waals surface area contributed by atoms with Gasteiger partial charge in [0.1, 0.15) is 12.4 Å². The predicted octanol–water partition coefficient (Wildman–Crippen LogP) is 4.30. The van der Waals surface area contributed by atoms with Gasteiger partial charge in [0.25, 0.3) is 5.91 Å². The number of thiazole rings is 1. The lowest BCUT2D eigenvalue weighted by Crippen LogP contribution is -2.26. The maximum absolute atomic E-state index is 12.6. The fraction of sp³-hybridized carbons (Fsp3) is 0.200. The highest BCUT2D eigenvalue weighted by Crippen LogP contribution is 2.17. The van der Waals surface area contributed by atoms with Crippen molar-refractivity contribution in [2.24, 2.45) is 0 Å². The van der Waals surface area contributed by atoms with Gasteiger partial charge in [-0.05, 0) is 42.3 Å². The second-order valence-corrected chi connectivity index (χ2v) is 6.60. The Morgan fingerprint density at radius 1 is 1.16 bits per heavy atom. The average Bonchev–Trinajstić information content (AvgIpc) is 3.15. The molecule has 0 aliphatic rings. The number of carbonyl (C=O) groups is 1. The summed E-state index contributed by atoms with van der Waals surface area (Å²) in [6.45, 7) is 3.08. The minimum atomic E-state index is -0.00527. The molecule has 0 aliphatic carbocycles. The topological polar surface area (TPSA) is 42.4 Å². The van der Waals surface area contributed by atoms with E-state index in [1.165, 1.54) is 5.56 Å². The number of aryl methyl sites for hydroxylation is 1. The first kappa shape index (κ1) is 17.2. The molecule has 0 saturated carbocycles. The largest absolute Gasteiger partial charge is 0.487 e. The first-order chi connectivity index (χ1) is 12.1. The lowest BCUT2D eigenvalue weighted by Gasteiger charge is -2.18. The predicted molar refractivity (Wildman–Crippen MR) is 99.9 cm³/mol. The molecule has 128 valence electrons. The number of carbonyl (C=O) groups excluding carboxylic acids is 1. The van der Waals surface area contributed by atoms with Gasteiger partial charge in [0, 0.05) is 24.5 Å². The summed E-state index contributed by atoms with van der Waals surface area (Å²) in [6.07, 6.45) is 0. The van der Waals surface area contributed by atoms with Crippen LogP contribution in [0.1, 0.15) is 27.2 Å². The third kappa shape index (κ3) is 4.45. The Kier molecular flexibility index (Phi) is 5.46. The van der Waals surface area contributed by atoms with Gasteiger partial charge < -0.3 is 9.64 Å².